The van der Waals surface area contributed by atoms with Crippen molar-refractivity contribution in [2.75, 3.05) is 19.6 Å². The van der Waals surface area contributed by atoms with Gasteiger partial charge in [-0.2, -0.15) is 13.2 Å². The lowest BCUT2D eigenvalue weighted by atomic mass is 10.2. The number of alkyl halides is 3. The van der Waals surface area contributed by atoms with Crippen molar-refractivity contribution in [3.8, 4) is 0 Å². The predicted molar refractivity (Wildman–Crippen MR) is 55.8 cm³/mol. The zero-order valence-electron chi connectivity index (χ0n) is 9.52. The minimum Gasteiger partial charge on any atom is -0.332 e. The van der Waals surface area contributed by atoms with E-state index < -0.39 is 18.6 Å². The maximum atomic E-state index is 12.1. The number of carbonyl (C=O) groups is 1. The number of hydrogen-bond acceptors (Lipinski definition) is 2. The van der Waals surface area contributed by atoms with Crippen LogP contribution in [0.3, 0.4) is 0 Å². The van der Waals surface area contributed by atoms with Gasteiger partial charge in [0, 0.05) is 19.5 Å². The first-order valence-electron chi connectivity index (χ1n) is 5.45. The average molecular weight is 240 g/mol. The smallest absolute Gasteiger partial charge is 0.332 e. The molecule has 0 rings (SSSR count). The summed E-state index contributed by atoms with van der Waals surface area (Å²) < 4.78 is 36.4. The Kier molecular flexibility index (Phi) is 7.12. The number of nitrogens with zero attached hydrogens (tertiary/aromatic N) is 1. The van der Waals surface area contributed by atoms with Gasteiger partial charge in [-0.1, -0.05) is 19.8 Å². The van der Waals surface area contributed by atoms with E-state index in [1.165, 1.54) is 0 Å². The highest BCUT2D eigenvalue weighted by Crippen LogP contribution is 2.17. The van der Waals surface area contributed by atoms with E-state index in [4.69, 9.17) is 5.73 Å². The summed E-state index contributed by atoms with van der Waals surface area (Å²) in [6.07, 6.45) is -1.76. The second kappa shape index (κ2) is 7.49. The maximum Gasteiger partial charge on any atom is 0.406 e. The number of carbonyl (C=O) groups excluding carboxylic acids is 1. The fraction of sp³-hybridized carbons (Fsp3) is 0.900. The molecule has 0 spiro atoms. The van der Waals surface area contributed by atoms with Crippen LogP contribution in [0.4, 0.5) is 13.2 Å². The van der Waals surface area contributed by atoms with Crippen molar-refractivity contribution in [3.63, 3.8) is 0 Å². The molecule has 0 aliphatic heterocycles. The van der Waals surface area contributed by atoms with Crippen molar-refractivity contribution < 1.29 is 18.0 Å². The molecule has 0 saturated carbocycles. The number of halogens is 3. The zero-order chi connectivity index (χ0) is 12.6. The van der Waals surface area contributed by atoms with E-state index >= 15 is 0 Å². The van der Waals surface area contributed by atoms with E-state index in [-0.39, 0.29) is 19.5 Å². The molecule has 3 nitrogen and oxygen atoms in total. The van der Waals surface area contributed by atoms with Gasteiger partial charge in [-0.15, -0.1) is 0 Å². The van der Waals surface area contributed by atoms with Gasteiger partial charge in [-0.05, 0) is 6.42 Å². The quantitative estimate of drug-likeness (QED) is 0.691. The molecule has 0 unspecified atom stereocenters. The van der Waals surface area contributed by atoms with Crippen LogP contribution in [0.1, 0.15) is 32.6 Å². The Morgan fingerprint density at radius 1 is 1.31 bits per heavy atom. The molecule has 0 aliphatic carbocycles. The molecular formula is C10H19F3N2O. The Labute approximate surface area is 93.8 Å². The molecule has 96 valence electrons. The molecule has 0 radical (unpaired) electrons. The Morgan fingerprint density at radius 3 is 2.38 bits per heavy atom. The number of rotatable bonds is 7. The highest BCUT2D eigenvalue weighted by atomic mass is 19.4. The molecule has 0 aromatic heterocycles. The molecule has 0 bridgehead atoms. The third-order valence-corrected chi connectivity index (χ3v) is 2.12. The largest absolute Gasteiger partial charge is 0.406 e. The molecule has 2 N–H and O–H groups in total. The van der Waals surface area contributed by atoms with Gasteiger partial charge in [0.05, 0.1) is 0 Å². The summed E-state index contributed by atoms with van der Waals surface area (Å²) in [5.74, 6) is -0.462. The van der Waals surface area contributed by atoms with Crippen molar-refractivity contribution in [1.82, 2.24) is 4.90 Å². The minimum atomic E-state index is -4.35. The molecule has 0 heterocycles. The summed E-state index contributed by atoms with van der Waals surface area (Å²) in [6, 6.07) is 0. The van der Waals surface area contributed by atoms with Crippen molar-refractivity contribution >= 4 is 5.91 Å². The third-order valence-electron chi connectivity index (χ3n) is 2.12. The van der Waals surface area contributed by atoms with Crippen molar-refractivity contribution in [2.24, 2.45) is 5.73 Å². The molecule has 0 fully saturated rings. The van der Waals surface area contributed by atoms with Crippen molar-refractivity contribution in [3.05, 3.63) is 0 Å². The van der Waals surface area contributed by atoms with Gasteiger partial charge < -0.3 is 10.6 Å². The van der Waals surface area contributed by atoms with Gasteiger partial charge >= 0.3 is 6.18 Å². The van der Waals surface area contributed by atoms with Crippen LogP contribution in [0.25, 0.3) is 0 Å². The Morgan fingerprint density at radius 2 is 1.94 bits per heavy atom. The molecule has 0 atom stereocenters. The van der Waals surface area contributed by atoms with E-state index in [0.717, 1.165) is 17.7 Å². The lowest BCUT2D eigenvalue weighted by molar-refractivity contribution is -0.161. The summed E-state index contributed by atoms with van der Waals surface area (Å²) in [6.45, 7) is 0.785. The Hall–Kier alpha value is -0.780. The average Bonchev–Trinajstić information content (AvgIpc) is 2.15. The van der Waals surface area contributed by atoms with E-state index in [2.05, 4.69) is 0 Å². The lowest BCUT2D eigenvalue weighted by Gasteiger charge is -2.23. The van der Waals surface area contributed by atoms with Crippen LogP contribution < -0.4 is 5.73 Å². The Bertz CT molecular complexity index is 207. The van der Waals surface area contributed by atoms with Crippen molar-refractivity contribution in [2.45, 2.75) is 38.8 Å². The van der Waals surface area contributed by atoms with E-state index in [1.807, 2.05) is 6.92 Å². The SMILES string of the molecule is CCCCCC(=O)N(CCN)CC(F)(F)F. The number of nitrogens with two attached hydrogens (primary N) is 1. The second-order valence-corrected chi connectivity index (χ2v) is 3.68. The minimum absolute atomic E-state index is 0.0372. The van der Waals surface area contributed by atoms with Crippen LogP contribution in [-0.4, -0.2) is 36.6 Å². The van der Waals surface area contributed by atoms with Crippen LogP contribution >= 0.6 is 0 Å². The van der Waals surface area contributed by atoms with Crippen LogP contribution in [0.2, 0.25) is 0 Å². The van der Waals surface area contributed by atoms with Crippen molar-refractivity contribution in [1.29, 1.82) is 0 Å². The lowest BCUT2D eigenvalue weighted by Crippen LogP contribution is -2.41. The van der Waals surface area contributed by atoms with Crippen LogP contribution in [0.15, 0.2) is 0 Å². The fourth-order valence-electron chi connectivity index (χ4n) is 1.35. The summed E-state index contributed by atoms with van der Waals surface area (Å²) in [4.78, 5) is 12.2. The topological polar surface area (TPSA) is 46.3 Å². The Balaban J connectivity index is 4.13. The first kappa shape index (κ1) is 15.2. The summed E-state index contributed by atoms with van der Waals surface area (Å²) >= 11 is 0. The maximum absolute atomic E-state index is 12.1. The number of unbranched alkanes of at least 4 members (excludes halogenated alkanes) is 2. The normalized spacial score (nSPS) is 11.6. The molecule has 0 aromatic rings. The molecule has 16 heavy (non-hydrogen) atoms. The summed E-state index contributed by atoms with van der Waals surface area (Å²) in [5, 5.41) is 0. The van der Waals surface area contributed by atoms with Gasteiger partial charge in [0.2, 0.25) is 5.91 Å². The predicted octanol–water partition coefficient (Wildman–Crippen LogP) is 1.92. The van der Waals surface area contributed by atoms with Crippen LogP contribution in [0.5, 0.6) is 0 Å². The molecule has 0 saturated heterocycles. The second-order valence-electron chi connectivity index (χ2n) is 3.68. The fourth-order valence-corrected chi connectivity index (χ4v) is 1.35. The highest BCUT2D eigenvalue weighted by molar-refractivity contribution is 5.76. The van der Waals surface area contributed by atoms with E-state index in [9.17, 15) is 18.0 Å². The monoisotopic (exact) mass is 240 g/mol. The van der Waals surface area contributed by atoms with Gasteiger partial charge in [0.15, 0.2) is 0 Å². The van der Waals surface area contributed by atoms with E-state index in [0.29, 0.717) is 6.42 Å². The zero-order valence-corrected chi connectivity index (χ0v) is 9.52. The first-order chi connectivity index (χ1) is 7.40. The van der Waals surface area contributed by atoms with Crippen LogP contribution in [0, 0.1) is 0 Å². The summed E-state index contributed by atoms with van der Waals surface area (Å²) in [5.41, 5.74) is 5.18. The first-order valence-corrected chi connectivity index (χ1v) is 5.45. The van der Waals surface area contributed by atoms with E-state index in [1.54, 1.807) is 0 Å². The van der Waals surface area contributed by atoms with Gasteiger partial charge in [-0.3, -0.25) is 4.79 Å². The van der Waals surface area contributed by atoms with Gasteiger partial charge in [0.25, 0.3) is 0 Å². The molecule has 6 heteroatoms. The molecule has 0 aromatic carbocycles. The van der Waals surface area contributed by atoms with Gasteiger partial charge in [0.1, 0.15) is 6.54 Å². The summed E-state index contributed by atoms with van der Waals surface area (Å²) in [7, 11) is 0. The number of amides is 1. The molecule has 0 aliphatic rings. The molecular weight excluding hydrogens is 221 g/mol. The standard InChI is InChI=1S/C10H19F3N2O/c1-2-3-4-5-9(16)15(7-6-14)8-10(11,12)13/h2-8,14H2,1H3. The number of hydrogen-bond donors (Lipinski definition) is 1. The molecule has 1 amide bonds. The third kappa shape index (κ3) is 7.50. The van der Waals surface area contributed by atoms with Crippen LogP contribution in [-0.2, 0) is 4.79 Å². The highest BCUT2D eigenvalue weighted by Gasteiger charge is 2.32. The van der Waals surface area contributed by atoms with Gasteiger partial charge in [-0.25, -0.2) is 0 Å².